The Morgan fingerprint density at radius 2 is 1.97 bits per heavy atom. The van der Waals surface area contributed by atoms with E-state index < -0.39 is 18.0 Å². The van der Waals surface area contributed by atoms with Gasteiger partial charge in [-0.25, -0.2) is 9.18 Å². The van der Waals surface area contributed by atoms with Crippen LogP contribution in [0.1, 0.15) is 49.8 Å². The molecule has 0 fully saturated rings. The summed E-state index contributed by atoms with van der Waals surface area (Å²) in [4.78, 5) is 29.0. The Morgan fingerprint density at radius 1 is 1.18 bits per heavy atom. The summed E-state index contributed by atoms with van der Waals surface area (Å²) in [5.74, 6) is -0.511. The predicted molar refractivity (Wildman–Crippen MR) is 127 cm³/mol. The lowest BCUT2D eigenvalue weighted by Gasteiger charge is -2.27. The number of nitrogens with zero attached hydrogens (tertiary/aromatic N) is 1. The Morgan fingerprint density at radius 3 is 2.74 bits per heavy atom. The second-order valence-corrected chi connectivity index (χ2v) is 9.39. The van der Waals surface area contributed by atoms with Crippen LogP contribution in [-0.2, 0) is 13.0 Å². The summed E-state index contributed by atoms with van der Waals surface area (Å²) in [5, 5.41) is 7.36. The molecule has 2 aliphatic heterocycles. The standard InChI is InChI=1S/C25H24FN3O4S/c1-3-32-19-12-15(6-9-18(19)33-25(31)14-4-7-16(26)8-5-14)22-27-23(30)21-17-10-11-29(2)13-20(17)34-24(21)28-22/h4-9,12,22,28H,3,10-11,13H2,1-2H3,(H,27,30)/t22-/m1/s1. The smallest absolute Gasteiger partial charge is 0.343 e. The molecule has 9 heteroatoms. The average Bonchev–Trinajstić information content (AvgIpc) is 3.18. The molecule has 2 N–H and O–H groups in total. The Hall–Kier alpha value is -3.43. The molecule has 1 amide bonds. The maximum absolute atomic E-state index is 13.2. The number of hydrogen-bond donors (Lipinski definition) is 2. The molecule has 0 aliphatic carbocycles. The highest BCUT2D eigenvalue weighted by molar-refractivity contribution is 7.16. The first-order valence-corrected chi connectivity index (χ1v) is 11.9. The lowest BCUT2D eigenvalue weighted by atomic mass is 10.0. The first-order chi connectivity index (χ1) is 16.4. The van der Waals surface area contributed by atoms with Crippen molar-refractivity contribution in [2.75, 3.05) is 25.5 Å². The van der Waals surface area contributed by atoms with E-state index in [1.54, 1.807) is 29.5 Å². The van der Waals surface area contributed by atoms with Crippen molar-refractivity contribution < 1.29 is 23.5 Å². The van der Waals surface area contributed by atoms with Gasteiger partial charge in [0.25, 0.3) is 5.91 Å². The normalized spacial score (nSPS) is 17.3. The molecule has 5 rings (SSSR count). The Kier molecular flexibility index (Phi) is 5.97. The van der Waals surface area contributed by atoms with Crippen LogP contribution in [0, 0.1) is 5.82 Å². The first-order valence-electron chi connectivity index (χ1n) is 11.1. The van der Waals surface area contributed by atoms with Gasteiger partial charge in [0.15, 0.2) is 11.5 Å². The number of benzene rings is 2. The van der Waals surface area contributed by atoms with E-state index in [-0.39, 0.29) is 17.2 Å². The molecule has 0 saturated carbocycles. The molecule has 3 heterocycles. The molecule has 0 bridgehead atoms. The molecule has 34 heavy (non-hydrogen) atoms. The fourth-order valence-corrected chi connectivity index (χ4v) is 5.57. The van der Waals surface area contributed by atoms with Crippen LogP contribution in [0.5, 0.6) is 11.5 Å². The maximum Gasteiger partial charge on any atom is 0.343 e. The summed E-state index contributed by atoms with van der Waals surface area (Å²) < 4.78 is 24.4. The van der Waals surface area contributed by atoms with Gasteiger partial charge in [-0.15, -0.1) is 11.3 Å². The third-order valence-corrected chi connectivity index (χ3v) is 7.06. The Bertz CT molecular complexity index is 1260. The van der Waals surface area contributed by atoms with Crippen molar-refractivity contribution >= 4 is 28.2 Å². The number of nitrogens with one attached hydrogen (secondary N) is 2. The van der Waals surface area contributed by atoms with Gasteiger partial charge >= 0.3 is 5.97 Å². The van der Waals surface area contributed by atoms with E-state index in [9.17, 15) is 14.0 Å². The van der Waals surface area contributed by atoms with E-state index in [0.29, 0.717) is 12.4 Å². The van der Waals surface area contributed by atoms with E-state index in [1.165, 1.54) is 29.1 Å². The molecule has 2 aliphatic rings. The molecule has 7 nitrogen and oxygen atoms in total. The third kappa shape index (κ3) is 4.24. The van der Waals surface area contributed by atoms with Gasteiger partial charge in [-0.2, -0.15) is 0 Å². The molecule has 1 aromatic heterocycles. The number of carbonyl (C=O) groups excluding carboxylic acids is 2. The highest BCUT2D eigenvalue weighted by atomic mass is 32.1. The average molecular weight is 482 g/mol. The number of esters is 1. The fourth-order valence-electron chi connectivity index (χ4n) is 4.21. The van der Waals surface area contributed by atoms with E-state index >= 15 is 0 Å². The second kappa shape index (κ2) is 9.08. The molecular formula is C25H24FN3O4S. The highest BCUT2D eigenvalue weighted by Gasteiger charge is 2.33. The van der Waals surface area contributed by atoms with Crippen LogP contribution in [0.3, 0.4) is 0 Å². The number of amides is 1. The topological polar surface area (TPSA) is 79.9 Å². The number of anilines is 1. The zero-order chi connectivity index (χ0) is 23.8. The van der Waals surface area contributed by atoms with Crippen molar-refractivity contribution in [3.05, 3.63) is 75.4 Å². The van der Waals surface area contributed by atoms with Crippen LogP contribution in [-0.4, -0.2) is 37.0 Å². The van der Waals surface area contributed by atoms with Crippen LogP contribution in [0.15, 0.2) is 42.5 Å². The number of halogens is 1. The van der Waals surface area contributed by atoms with Gasteiger partial charge < -0.3 is 25.0 Å². The van der Waals surface area contributed by atoms with Crippen LogP contribution in [0.2, 0.25) is 0 Å². The van der Waals surface area contributed by atoms with Crippen molar-refractivity contribution in [2.24, 2.45) is 0 Å². The van der Waals surface area contributed by atoms with Crippen molar-refractivity contribution in [3.63, 3.8) is 0 Å². The molecule has 0 saturated heterocycles. The summed E-state index contributed by atoms with van der Waals surface area (Å²) in [6.07, 6.45) is 0.416. The van der Waals surface area contributed by atoms with Gasteiger partial charge in [0, 0.05) is 18.0 Å². The SMILES string of the molecule is CCOc1cc([C@@H]2NC(=O)c3c(sc4c3CCN(C)C4)N2)ccc1OC(=O)c1ccc(F)cc1. The first kappa shape index (κ1) is 22.4. The summed E-state index contributed by atoms with van der Waals surface area (Å²) in [6.45, 7) is 3.97. The quantitative estimate of drug-likeness (QED) is 0.417. The molecule has 0 spiro atoms. The van der Waals surface area contributed by atoms with E-state index in [4.69, 9.17) is 9.47 Å². The lowest BCUT2D eigenvalue weighted by molar-refractivity contribution is 0.0728. The summed E-state index contributed by atoms with van der Waals surface area (Å²) >= 11 is 1.63. The zero-order valence-electron chi connectivity index (χ0n) is 18.8. The second-order valence-electron chi connectivity index (χ2n) is 8.28. The summed E-state index contributed by atoms with van der Waals surface area (Å²) in [6, 6.07) is 10.3. The van der Waals surface area contributed by atoms with Gasteiger partial charge in [0.05, 0.1) is 17.7 Å². The van der Waals surface area contributed by atoms with Crippen LogP contribution in [0.25, 0.3) is 0 Å². The van der Waals surface area contributed by atoms with Crippen LogP contribution in [0.4, 0.5) is 9.39 Å². The van der Waals surface area contributed by atoms with Crippen molar-refractivity contribution in [1.82, 2.24) is 10.2 Å². The number of hydrogen-bond acceptors (Lipinski definition) is 7. The van der Waals surface area contributed by atoms with E-state index in [1.807, 2.05) is 6.92 Å². The number of carbonyl (C=O) groups is 2. The minimum absolute atomic E-state index is 0.0921. The van der Waals surface area contributed by atoms with Crippen molar-refractivity contribution in [3.8, 4) is 11.5 Å². The Balaban J connectivity index is 1.39. The van der Waals surface area contributed by atoms with Crippen molar-refractivity contribution in [1.29, 1.82) is 0 Å². The largest absolute Gasteiger partial charge is 0.490 e. The number of likely N-dealkylation sites (N-methyl/N-ethyl adjacent to an activating group) is 1. The van der Waals surface area contributed by atoms with Gasteiger partial charge in [-0.1, -0.05) is 6.07 Å². The van der Waals surface area contributed by atoms with Gasteiger partial charge in [0.1, 0.15) is 17.0 Å². The van der Waals surface area contributed by atoms with Gasteiger partial charge in [0.2, 0.25) is 0 Å². The number of fused-ring (bicyclic) bond motifs is 3. The Labute approximate surface area is 200 Å². The maximum atomic E-state index is 13.2. The fraction of sp³-hybridized carbons (Fsp3) is 0.280. The minimum Gasteiger partial charge on any atom is -0.490 e. The van der Waals surface area contributed by atoms with Gasteiger partial charge in [-0.3, -0.25) is 4.79 Å². The molecule has 0 unspecified atom stereocenters. The minimum atomic E-state index is -0.614. The summed E-state index contributed by atoms with van der Waals surface area (Å²) in [7, 11) is 2.08. The predicted octanol–water partition coefficient (Wildman–Crippen LogP) is 4.35. The van der Waals surface area contributed by atoms with Gasteiger partial charge in [-0.05, 0) is 67.9 Å². The zero-order valence-corrected chi connectivity index (χ0v) is 19.6. The molecule has 0 radical (unpaired) electrons. The van der Waals surface area contributed by atoms with Crippen molar-refractivity contribution in [2.45, 2.75) is 26.1 Å². The molecule has 3 aromatic rings. The molecule has 2 aromatic carbocycles. The third-order valence-electron chi connectivity index (χ3n) is 5.91. The number of thiophene rings is 1. The number of rotatable bonds is 5. The molecular weight excluding hydrogens is 457 g/mol. The molecule has 1 atom stereocenters. The van der Waals surface area contributed by atoms with E-state index in [0.717, 1.165) is 41.2 Å². The lowest BCUT2D eigenvalue weighted by Crippen LogP contribution is -2.38. The van der Waals surface area contributed by atoms with Crippen LogP contribution >= 0.6 is 11.3 Å². The monoisotopic (exact) mass is 481 g/mol. The van der Waals surface area contributed by atoms with E-state index in [2.05, 4.69) is 22.6 Å². The highest BCUT2D eigenvalue weighted by Crippen LogP contribution is 2.41. The number of ether oxygens (including phenoxy) is 2. The van der Waals surface area contributed by atoms with Crippen LogP contribution < -0.4 is 20.1 Å². The molecule has 176 valence electrons. The summed E-state index contributed by atoms with van der Waals surface area (Å²) in [5.41, 5.74) is 2.89.